The monoisotopic (exact) mass is 540 g/mol. The Morgan fingerprint density at radius 2 is 1.75 bits per heavy atom. The minimum Gasteiger partial charge on any atom is -0.508 e. The zero-order valence-corrected chi connectivity index (χ0v) is 23.2. The number of hydrogen-bond donors (Lipinski definition) is 4. The molecule has 3 aromatic carbocycles. The predicted molar refractivity (Wildman–Crippen MR) is 160 cm³/mol. The molecule has 1 unspecified atom stereocenters. The molecule has 1 aliphatic heterocycles. The largest absolute Gasteiger partial charge is 0.508 e. The zero-order chi connectivity index (χ0) is 28.3. The van der Waals surface area contributed by atoms with Gasteiger partial charge < -0.3 is 26.0 Å². The lowest BCUT2D eigenvalue weighted by Gasteiger charge is -2.20. The Balaban J connectivity index is 1.30. The second-order valence-corrected chi connectivity index (χ2v) is 10.3. The minimum absolute atomic E-state index is 0.0775. The summed E-state index contributed by atoms with van der Waals surface area (Å²) in [6.07, 6.45) is 14.0. The minimum atomic E-state index is -0.212. The number of unbranched alkanes of at least 4 members (excludes halogenated alkanes) is 3. The van der Waals surface area contributed by atoms with Gasteiger partial charge in [0, 0.05) is 19.3 Å². The Labute approximate surface area is 237 Å². The van der Waals surface area contributed by atoms with E-state index in [1.54, 1.807) is 18.2 Å². The molecule has 1 aliphatic rings. The van der Waals surface area contributed by atoms with Crippen molar-refractivity contribution in [3.05, 3.63) is 106 Å². The van der Waals surface area contributed by atoms with Gasteiger partial charge in [0.25, 0.3) is 0 Å². The van der Waals surface area contributed by atoms with Crippen LogP contribution < -0.4 is 15.8 Å². The number of aromatic hydroxyl groups is 2. The van der Waals surface area contributed by atoms with Crippen LogP contribution in [0, 0.1) is 0 Å². The molecule has 0 radical (unpaired) electrons. The molecule has 5 N–H and O–H groups in total. The van der Waals surface area contributed by atoms with Gasteiger partial charge in [0.1, 0.15) is 11.9 Å². The Morgan fingerprint density at radius 3 is 2.58 bits per heavy atom. The van der Waals surface area contributed by atoms with Crippen molar-refractivity contribution in [2.75, 3.05) is 6.61 Å². The lowest BCUT2D eigenvalue weighted by Crippen LogP contribution is -2.27. The lowest BCUT2D eigenvalue weighted by molar-refractivity contribution is -0.114. The number of phenols is 2. The van der Waals surface area contributed by atoms with E-state index in [9.17, 15) is 15.0 Å². The number of fused-ring (bicyclic) bond motifs is 1. The molecule has 210 valence electrons. The molecule has 3 aromatic rings. The molecule has 40 heavy (non-hydrogen) atoms. The summed E-state index contributed by atoms with van der Waals surface area (Å²) in [5.41, 5.74) is 12.2. The van der Waals surface area contributed by atoms with Crippen LogP contribution in [-0.2, 0) is 24.1 Å². The highest BCUT2D eigenvalue weighted by Gasteiger charge is 2.13. The van der Waals surface area contributed by atoms with Crippen LogP contribution in [0.4, 0.5) is 0 Å². The van der Waals surface area contributed by atoms with Crippen molar-refractivity contribution in [1.82, 2.24) is 5.32 Å². The lowest BCUT2D eigenvalue weighted by atomic mass is 9.95. The SMILES string of the molecule is CCCCCC=CC(=O)CCc1ccc(O)c(OCCc2ccc(O)c(Cc3ccc4c(c3)C=CNC4N)c2)c1. The van der Waals surface area contributed by atoms with E-state index in [1.165, 1.54) is 12.8 Å². The molecular formula is C34H40N2O4. The number of allylic oxidation sites excluding steroid dienone is 2. The summed E-state index contributed by atoms with van der Waals surface area (Å²) in [6, 6.07) is 17.0. The third-order valence-electron chi connectivity index (χ3n) is 7.17. The van der Waals surface area contributed by atoms with Gasteiger partial charge >= 0.3 is 0 Å². The summed E-state index contributed by atoms with van der Waals surface area (Å²) in [5, 5.41) is 23.9. The maximum atomic E-state index is 12.2. The van der Waals surface area contributed by atoms with Gasteiger partial charge in [-0.1, -0.05) is 62.2 Å². The van der Waals surface area contributed by atoms with Gasteiger partial charge in [-0.2, -0.15) is 0 Å². The molecule has 0 saturated carbocycles. The molecule has 4 rings (SSSR count). The Bertz CT molecular complexity index is 1360. The molecule has 0 aliphatic carbocycles. The normalized spacial score (nSPS) is 14.2. The molecule has 0 saturated heterocycles. The average Bonchev–Trinajstić information content (AvgIpc) is 2.95. The quantitative estimate of drug-likeness (QED) is 0.138. The number of aryl methyl sites for hydroxylation is 1. The van der Waals surface area contributed by atoms with Crippen LogP contribution in [0.15, 0.2) is 72.9 Å². The highest BCUT2D eigenvalue weighted by molar-refractivity contribution is 5.89. The molecule has 6 nitrogen and oxygen atoms in total. The van der Waals surface area contributed by atoms with Crippen molar-refractivity contribution < 1.29 is 19.7 Å². The maximum Gasteiger partial charge on any atom is 0.161 e. The van der Waals surface area contributed by atoms with Crippen LogP contribution in [0.3, 0.4) is 0 Å². The maximum absolute atomic E-state index is 12.2. The first-order valence-corrected chi connectivity index (χ1v) is 14.2. The average molecular weight is 541 g/mol. The smallest absolute Gasteiger partial charge is 0.161 e. The number of nitrogens with one attached hydrogen (secondary N) is 1. The highest BCUT2D eigenvalue weighted by Crippen LogP contribution is 2.29. The van der Waals surface area contributed by atoms with E-state index in [4.69, 9.17) is 10.5 Å². The van der Waals surface area contributed by atoms with E-state index in [1.807, 2.05) is 54.8 Å². The summed E-state index contributed by atoms with van der Waals surface area (Å²) in [5.74, 6) is 0.858. The van der Waals surface area contributed by atoms with Crippen molar-refractivity contribution in [3.63, 3.8) is 0 Å². The topological polar surface area (TPSA) is 105 Å². The number of rotatable bonds is 14. The van der Waals surface area contributed by atoms with E-state index in [2.05, 4.69) is 18.3 Å². The first-order chi connectivity index (χ1) is 19.4. The summed E-state index contributed by atoms with van der Waals surface area (Å²) < 4.78 is 5.91. The summed E-state index contributed by atoms with van der Waals surface area (Å²) in [6.45, 7) is 2.54. The van der Waals surface area contributed by atoms with Gasteiger partial charge in [-0.3, -0.25) is 4.79 Å². The van der Waals surface area contributed by atoms with Gasteiger partial charge in [0.05, 0.1) is 6.61 Å². The van der Waals surface area contributed by atoms with Crippen LogP contribution in [0.2, 0.25) is 0 Å². The number of hydrogen-bond acceptors (Lipinski definition) is 6. The van der Waals surface area contributed by atoms with E-state index < -0.39 is 0 Å². The molecule has 0 aromatic heterocycles. The number of benzene rings is 3. The first-order valence-electron chi connectivity index (χ1n) is 14.2. The van der Waals surface area contributed by atoms with Crippen molar-refractivity contribution in [1.29, 1.82) is 0 Å². The van der Waals surface area contributed by atoms with Crippen LogP contribution in [0.25, 0.3) is 6.08 Å². The summed E-state index contributed by atoms with van der Waals surface area (Å²) in [4.78, 5) is 12.2. The fraction of sp³-hybridized carbons (Fsp3) is 0.324. The van der Waals surface area contributed by atoms with Gasteiger partial charge in [-0.05, 0) is 89.2 Å². The molecule has 6 heteroatoms. The fourth-order valence-electron chi connectivity index (χ4n) is 4.84. The standard InChI is InChI=1S/C34H40N2O4/c1-2-3-4-5-6-7-29(37)12-8-24-11-15-32(39)33(23-24)40-19-17-25-10-14-31(38)28(20-25)22-26-9-13-30-27(21-26)16-18-36-34(30)35/h6-7,9-11,13-16,18,20-21,23,34,36,38-39H,2-5,8,12,17,19,22,35H2,1H3. The van der Waals surface area contributed by atoms with Gasteiger partial charge in [-0.25, -0.2) is 0 Å². The van der Waals surface area contributed by atoms with Crippen LogP contribution >= 0.6 is 0 Å². The van der Waals surface area contributed by atoms with Crippen molar-refractivity contribution >= 4 is 11.9 Å². The molecule has 1 atom stereocenters. The van der Waals surface area contributed by atoms with Crippen LogP contribution in [0.1, 0.15) is 78.6 Å². The number of nitrogens with two attached hydrogens (primary N) is 1. The fourth-order valence-corrected chi connectivity index (χ4v) is 4.84. The van der Waals surface area contributed by atoms with Crippen LogP contribution in [-0.4, -0.2) is 22.6 Å². The number of carbonyl (C=O) groups is 1. The second kappa shape index (κ2) is 14.4. The third-order valence-corrected chi connectivity index (χ3v) is 7.17. The van der Waals surface area contributed by atoms with E-state index in [-0.39, 0.29) is 23.4 Å². The van der Waals surface area contributed by atoms with Gasteiger partial charge in [0.15, 0.2) is 17.3 Å². The highest BCUT2D eigenvalue weighted by atomic mass is 16.5. The molecular weight excluding hydrogens is 500 g/mol. The number of ether oxygens (including phenoxy) is 1. The summed E-state index contributed by atoms with van der Waals surface area (Å²) >= 11 is 0. The Hall–Kier alpha value is -4.03. The van der Waals surface area contributed by atoms with Gasteiger partial charge in [0.2, 0.25) is 0 Å². The molecule has 1 heterocycles. The zero-order valence-electron chi connectivity index (χ0n) is 23.2. The summed E-state index contributed by atoms with van der Waals surface area (Å²) in [7, 11) is 0. The third kappa shape index (κ3) is 8.23. The Morgan fingerprint density at radius 1 is 0.975 bits per heavy atom. The van der Waals surface area contributed by atoms with E-state index in [0.29, 0.717) is 38.0 Å². The molecule has 0 amide bonds. The Kier molecular flexibility index (Phi) is 10.4. The van der Waals surface area contributed by atoms with E-state index >= 15 is 0 Å². The van der Waals surface area contributed by atoms with Crippen molar-refractivity contribution in [2.24, 2.45) is 5.73 Å². The molecule has 0 fully saturated rings. The van der Waals surface area contributed by atoms with Crippen molar-refractivity contribution in [3.8, 4) is 17.2 Å². The molecule has 0 spiro atoms. The number of carbonyl (C=O) groups excluding carboxylic acids is 1. The van der Waals surface area contributed by atoms with Crippen molar-refractivity contribution in [2.45, 2.75) is 64.5 Å². The van der Waals surface area contributed by atoms with E-state index in [0.717, 1.165) is 46.2 Å². The number of phenolic OH excluding ortho intramolecular Hbond substituents is 2. The van der Waals surface area contributed by atoms with Gasteiger partial charge in [-0.15, -0.1) is 0 Å². The number of ketones is 1. The molecule has 0 bridgehead atoms. The predicted octanol–water partition coefficient (Wildman–Crippen LogP) is 6.48. The first kappa shape index (κ1) is 29.0. The second-order valence-electron chi connectivity index (χ2n) is 10.3. The van der Waals surface area contributed by atoms with Crippen LogP contribution in [0.5, 0.6) is 17.2 Å².